The van der Waals surface area contributed by atoms with E-state index >= 15 is 0 Å². The zero-order valence-corrected chi connectivity index (χ0v) is 12.3. The van der Waals surface area contributed by atoms with Crippen LogP contribution in [0.2, 0.25) is 0 Å². The maximum absolute atomic E-state index is 11.2. The molecule has 0 fully saturated rings. The number of rotatable bonds is 5. The highest BCUT2D eigenvalue weighted by Crippen LogP contribution is 2.22. The van der Waals surface area contributed by atoms with Crippen molar-refractivity contribution in [2.45, 2.75) is 19.9 Å². The molecule has 1 amide bonds. The van der Waals surface area contributed by atoms with Gasteiger partial charge in [0, 0.05) is 13.0 Å². The molecule has 0 aliphatic carbocycles. The lowest BCUT2D eigenvalue weighted by Crippen LogP contribution is -2.15. The highest BCUT2D eigenvalue weighted by Gasteiger charge is 2.04. The average Bonchev–Trinajstić information content (AvgIpc) is 2.48. The smallest absolute Gasteiger partial charge is 0.221 e. The van der Waals surface area contributed by atoms with Crippen LogP contribution in [0, 0.1) is 0 Å². The molecule has 0 spiro atoms. The monoisotopic (exact) mass is 280 g/mol. The fraction of sp³-hybridized carbons (Fsp3) is 0.167. The van der Waals surface area contributed by atoms with Gasteiger partial charge >= 0.3 is 0 Å². The SMILES string of the molecule is CC(=O)Nc1ccccc1NC(C)/C=C/c1ccccc1. The van der Waals surface area contributed by atoms with Crippen LogP contribution in [0.1, 0.15) is 19.4 Å². The van der Waals surface area contributed by atoms with E-state index in [0.717, 1.165) is 11.4 Å². The first-order chi connectivity index (χ1) is 10.1. The van der Waals surface area contributed by atoms with E-state index < -0.39 is 0 Å². The maximum Gasteiger partial charge on any atom is 0.221 e. The summed E-state index contributed by atoms with van der Waals surface area (Å²) in [6.45, 7) is 3.58. The standard InChI is InChI=1S/C18H20N2O/c1-14(12-13-16-8-4-3-5-9-16)19-17-10-6-7-11-18(17)20-15(2)21/h3-14,19H,1-2H3,(H,20,21)/b13-12+. The summed E-state index contributed by atoms with van der Waals surface area (Å²) < 4.78 is 0. The van der Waals surface area contributed by atoms with Crippen LogP contribution < -0.4 is 10.6 Å². The largest absolute Gasteiger partial charge is 0.377 e. The molecule has 2 rings (SSSR count). The molecular formula is C18H20N2O. The minimum absolute atomic E-state index is 0.0725. The maximum atomic E-state index is 11.2. The number of carbonyl (C=O) groups excluding carboxylic acids is 1. The van der Waals surface area contributed by atoms with Gasteiger partial charge in [0.05, 0.1) is 11.4 Å². The zero-order chi connectivity index (χ0) is 15.1. The molecule has 0 aromatic heterocycles. The number of hydrogen-bond acceptors (Lipinski definition) is 2. The molecule has 1 atom stereocenters. The van der Waals surface area contributed by atoms with Gasteiger partial charge in [0.15, 0.2) is 0 Å². The second-order valence-corrected chi connectivity index (χ2v) is 4.93. The predicted octanol–water partition coefficient (Wildman–Crippen LogP) is 4.16. The number of anilines is 2. The molecule has 108 valence electrons. The van der Waals surface area contributed by atoms with Gasteiger partial charge in [-0.15, -0.1) is 0 Å². The van der Waals surface area contributed by atoms with E-state index in [1.807, 2.05) is 42.5 Å². The summed E-state index contributed by atoms with van der Waals surface area (Å²) in [7, 11) is 0. The van der Waals surface area contributed by atoms with Gasteiger partial charge < -0.3 is 10.6 Å². The van der Waals surface area contributed by atoms with Gasteiger partial charge in [-0.25, -0.2) is 0 Å². The van der Waals surface area contributed by atoms with Crippen molar-refractivity contribution < 1.29 is 4.79 Å². The normalized spacial score (nSPS) is 12.1. The number of hydrogen-bond donors (Lipinski definition) is 2. The lowest BCUT2D eigenvalue weighted by molar-refractivity contribution is -0.114. The summed E-state index contributed by atoms with van der Waals surface area (Å²) in [6.07, 6.45) is 4.18. The van der Waals surface area contributed by atoms with E-state index in [-0.39, 0.29) is 11.9 Å². The Bertz CT molecular complexity index is 620. The predicted molar refractivity (Wildman–Crippen MR) is 89.3 cm³/mol. The highest BCUT2D eigenvalue weighted by atomic mass is 16.1. The Balaban J connectivity index is 2.04. The first-order valence-electron chi connectivity index (χ1n) is 7.01. The molecule has 0 heterocycles. The van der Waals surface area contributed by atoms with Crippen molar-refractivity contribution in [2.24, 2.45) is 0 Å². The molecule has 2 N–H and O–H groups in total. The summed E-state index contributed by atoms with van der Waals surface area (Å²) in [5, 5.41) is 6.21. The van der Waals surface area contributed by atoms with Gasteiger partial charge in [0.2, 0.25) is 5.91 Å². The van der Waals surface area contributed by atoms with Crippen LogP contribution in [0.25, 0.3) is 6.08 Å². The third kappa shape index (κ3) is 4.80. The van der Waals surface area contributed by atoms with Crippen LogP contribution in [0.5, 0.6) is 0 Å². The molecule has 2 aromatic carbocycles. The summed E-state index contributed by atoms with van der Waals surface area (Å²) in [6, 6.07) is 18.0. The molecule has 0 saturated carbocycles. The van der Waals surface area contributed by atoms with Crippen molar-refractivity contribution in [3.05, 3.63) is 66.2 Å². The lowest BCUT2D eigenvalue weighted by Gasteiger charge is -2.15. The summed E-state index contributed by atoms with van der Waals surface area (Å²) >= 11 is 0. The molecule has 0 bridgehead atoms. The molecular weight excluding hydrogens is 260 g/mol. The van der Waals surface area contributed by atoms with E-state index in [9.17, 15) is 4.79 Å². The molecule has 3 heteroatoms. The second-order valence-electron chi connectivity index (χ2n) is 4.93. The Kier molecular flexibility index (Phi) is 5.16. The van der Waals surface area contributed by atoms with E-state index in [1.165, 1.54) is 12.5 Å². The number of para-hydroxylation sites is 2. The van der Waals surface area contributed by atoms with Crippen molar-refractivity contribution >= 4 is 23.4 Å². The Labute approximate surface area is 125 Å². The van der Waals surface area contributed by atoms with E-state index in [1.54, 1.807) is 0 Å². The van der Waals surface area contributed by atoms with Gasteiger partial charge in [-0.3, -0.25) is 4.79 Å². The van der Waals surface area contributed by atoms with E-state index in [4.69, 9.17) is 0 Å². The topological polar surface area (TPSA) is 41.1 Å². The molecule has 21 heavy (non-hydrogen) atoms. The summed E-state index contributed by atoms with van der Waals surface area (Å²) in [5.74, 6) is -0.0725. The van der Waals surface area contributed by atoms with Crippen LogP contribution in [-0.4, -0.2) is 11.9 Å². The fourth-order valence-corrected chi connectivity index (χ4v) is 2.02. The van der Waals surface area contributed by atoms with Gasteiger partial charge in [-0.05, 0) is 24.6 Å². The van der Waals surface area contributed by atoms with Crippen molar-refractivity contribution in [1.82, 2.24) is 0 Å². The molecule has 0 saturated heterocycles. The van der Waals surface area contributed by atoms with Crippen LogP contribution in [0.15, 0.2) is 60.7 Å². The molecule has 3 nitrogen and oxygen atoms in total. The number of carbonyl (C=O) groups is 1. The Morgan fingerprint density at radius 2 is 1.62 bits per heavy atom. The minimum atomic E-state index is -0.0725. The zero-order valence-electron chi connectivity index (χ0n) is 12.3. The van der Waals surface area contributed by atoms with E-state index in [0.29, 0.717) is 0 Å². The second kappa shape index (κ2) is 7.29. The Hall–Kier alpha value is -2.55. The third-order valence-electron chi connectivity index (χ3n) is 3.00. The Morgan fingerprint density at radius 1 is 1.00 bits per heavy atom. The minimum Gasteiger partial charge on any atom is -0.377 e. The number of benzene rings is 2. The third-order valence-corrected chi connectivity index (χ3v) is 3.00. The van der Waals surface area contributed by atoms with Gasteiger partial charge in [0.1, 0.15) is 0 Å². The molecule has 0 aliphatic rings. The lowest BCUT2D eigenvalue weighted by atomic mass is 10.1. The van der Waals surface area contributed by atoms with Crippen molar-refractivity contribution in [2.75, 3.05) is 10.6 Å². The van der Waals surface area contributed by atoms with Crippen molar-refractivity contribution in [1.29, 1.82) is 0 Å². The summed E-state index contributed by atoms with van der Waals surface area (Å²) in [4.78, 5) is 11.2. The van der Waals surface area contributed by atoms with Crippen molar-refractivity contribution in [3.63, 3.8) is 0 Å². The highest BCUT2D eigenvalue weighted by molar-refractivity contribution is 5.92. The number of nitrogens with one attached hydrogen (secondary N) is 2. The van der Waals surface area contributed by atoms with Crippen LogP contribution in [-0.2, 0) is 4.79 Å². The molecule has 1 unspecified atom stereocenters. The van der Waals surface area contributed by atoms with Crippen molar-refractivity contribution in [3.8, 4) is 0 Å². The van der Waals surface area contributed by atoms with Crippen LogP contribution in [0.4, 0.5) is 11.4 Å². The van der Waals surface area contributed by atoms with Gasteiger partial charge in [-0.1, -0.05) is 54.6 Å². The van der Waals surface area contributed by atoms with Gasteiger partial charge in [-0.2, -0.15) is 0 Å². The first-order valence-corrected chi connectivity index (χ1v) is 7.01. The molecule has 2 aromatic rings. The average molecular weight is 280 g/mol. The fourth-order valence-electron chi connectivity index (χ4n) is 2.02. The molecule has 0 aliphatic heterocycles. The van der Waals surface area contributed by atoms with Crippen LogP contribution >= 0.6 is 0 Å². The Morgan fingerprint density at radius 3 is 2.29 bits per heavy atom. The first kappa shape index (κ1) is 14.9. The molecule has 0 radical (unpaired) electrons. The van der Waals surface area contributed by atoms with Crippen LogP contribution in [0.3, 0.4) is 0 Å². The van der Waals surface area contributed by atoms with Gasteiger partial charge in [0.25, 0.3) is 0 Å². The summed E-state index contributed by atoms with van der Waals surface area (Å²) in [5.41, 5.74) is 2.88. The number of amides is 1. The van der Waals surface area contributed by atoms with E-state index in [2.05, 4.69) is 41.8 Å². The quantitative estimate of drug-likeness (QED) is 0.863.